The summed E-state index contributed by atoms with van der Waals surface area (Å²) in [5.41, 5.74) is 0. The third-order valence-corrected chi connectivity index (χ3v) is 5.16. The molecular weight excluding hydrogens is 386 g/mol. The van der Waals surface area contributed by atoms with Crippen molar-refractivity contribution < 1.29 is 43.1 Å². The van der Waals surface area contributed by atoms with Crippen LogP contribution >= 0.6 is 0 Å². The highest BCUT2D eigenvalue weighted by Crippen LogP contribution is 2.35. The lowest BCUT2D eigenvalue weighted by Gasteiger charge is -2.34. The molecule has 162 valence electrons. The number of hydroxylamine groups is 2. The number of hydrogen-bond donors (Lipinski definition) is 0. The van der Waals surface area contributed by atoms with Gasteiger partial charge in [-0.2, -0.15) is 0 Å². The molecule has 2 rings (SSSR count). The van der Waals surface area contributed by atoms with Crippen molar-refractivity contribution >= 4 is 35.2 Å². The van der Waals surface area contributed by atoms with Crippen LogP contribution in [0.5, 0.6) is 0 Å². The largest absolute Gasteiger partial charge is 0.469 e. The summed E-state index contributed by atoms with van der Waals surface area (Å²) in [5.74, 6) is -3.23. The molecule has 2 aliphatic carbocycles. The Hall–Kier alpha value is -2.62. The Morgan fingerprint density at radius 3 is 1.59 bits per heavy atom. The summed E-state index contributed by atoms with van der Waals surface area (Å²) >= 11 is 0. The Balaban J connectivity index is 0.000000296. The standard InChI is InChI=1S/C10H15NO5.C9H12O4/c1-11(16-3)10(14)9-6(4-7(9)12)5-8(13)15-2;1-5(10)9-6(3-7(9)11)4-8(12)13-2/h6,9H,4-5H2,1-3H3;6,9H,3-4H2,1-2H3/t2*6-,9-/m00/s1. The average molecular weight is 413 g/mol. The van der Waals surface area contributed by atoms with Gasteiger partial charge in [-0.05, 0) is 18.8 Å². The number of Topliss-reactive ketones (excluding diaryl/α,β-unsaturated/α-hetero) is 3. The van der Waals surface area contributed by atoms with Gasteiger partial charge in [-0.15, -0.1) is 0 Å². The summed E-state index contributed by atoms with van der Waals surface area (Å²) in [6.07, 6.45) is 0.852. The lowest BCUT2D eigenvalue weighted by molar-refractivity contribution is -0.181. The van der Waals surface area contributed by atoms with E-state index in [1.165, 1.54) is 35.3 Å². The minimum absolute atomic E-state index is 0.0543. The van der Waals surface area contributed by atoms with Crippen LogP contribution in [-0.4, -0.2) is 68.6 Å². The SMILES string of the molecule is COC(=O)C[C@@H]1CC(=O)[C@H]1C(=O)N(C)OC.COC(=O)C[C@@H]1CC(=O)[C@H]1C(C)=O. The number of ketones is 3. The Morgan fingerprint density at radius 1 is 0.862 bits per heavy atom. The van der Waals surface area contributed by atoms with Crippen molar-refractivity contribution in [3.05, 3.63) is 0 Å². The van der Waals surface area contributed by atoms with Gasteiger partial charge in [-0.1, -0.05) is 0 Å². The predicted octanol–water partition coefficient (Wildman–Crippen LogP) is 0.118. The number of carbonyl (C=O) groups excluding carboxylic acids is 6. The predicted molar refractivity (Wildman–Crippen MR) is 96.9 cm³/mol. The van der Waals surface area contributed by atoms with Gasteiger partial charge in [0, 0.05) is 32.7 Å². The maximum atomic E-state index is 11.7. The highest BCUT2D eigenvalue weighted by Gasteiger charge is 2.47. The molecule has 2 aliphatic rings. The second kappa shape index (κ2) is 10.8. The van der Waals surface area contributed by atoms with Crippen LogP contribution < -0.4 is 0 Å². The maximum Gasteiger partial charge on any atom is 0.305 e. The molecule has 0 unspecified atom stereocenters. The molecule has 0 radical (unpaired) electrons. The second-order valence-corrected chi connectivity index (χ2v) is 7.01. The minimum Gasteiger partial charge on any atom is -0.469 e. The molecule has 0 spiro atoms. The van der Waals surface area contributed by atoms with Gasteiger partial charge in [-0.25, -0.2) is 5.06 Å². The van der Waals surface area contributed by atoms with Crippen molar-refractivity contribution in [2.24, 2.45) is 23.7 Å². The quantitative estimate of drug-likeness (QED) is 0.324. The molecule has 0 aromatic carbocycles. The first-order valence-corrected chi connectivity index (χ1v) is 9.08. The number of hydrogen-bond acceptors (Lipinski definition) is 9. The summed E-state index contributed by atoms with van der Waals surface area (Å²) in [4.78, 5) is 71.5. The molecule has 2 saturated carbocycles. The fourth-order valence-corrected chi connectivity index (χ4v) is 3.37. The van der Waals surface area contributed by atoms with Crippen LogP contribution in [0.25, 0.3) is 0 Å². The molecule has 0 aromatic rings. The normalized spacial score (nSPS) is 24.9. The molecular formula is C19H27NO9. The summed E-state index contributed by atoms with van der Waals surface area (Å²) in [6, 6.07) is 0. The molecule has 2 fully saturated rings. The van der Waals surface area contributed by atoms with E-state index in [1.54, 1.807) is 0 Å². The van der Waals surface area contributed by atoms with Gasteiger partial charge < -0.3 is 9.47 Å². The smallest absolute Gasteiger partial charge is 0.305 e. The average Bonchev–Trinajstić information content (AvgIpc) is 2.65. The zero-order chi connectivity index (χ0) is 22.3. The lowest BCUT2D eigenvalue weighted by atomic mass is 9.69. The van der Waals surface area contributed by atoms with Crippen LogP contribution in [0.2, 0.25) is 0 Å². The Bertz CT molecular complexity index is 679. The maximum absolute atomic E-state index is 11.7. The monoisotopic (exact) mass is 413 g/mol. The van der Waals surface area contributed by atoms with E-state index in [4.69, 9.17) is 4.84 Å². The van der Waals surface area contributed by atoms with Crippen molar-refractivity contribution in [3.63, 3.8) is 0 Å². The number of nitrogens with zero attached hydrogens (tertiary/aromatic N) is 1. The van der Waals surface area contributed by atoms with E-state index >= 15 is 0 Å². The number of esters is 2. The molecule has 0 bridgehead atoms. The first-order chi connectivity index (χ1) is 13.6. The van der Waals surface area contributed by atoms with Gasteiger partial charge in [0.1, 0.15) is 23.3 Å². The molecule has 10 heteroatoms. The van der Waals surface area contributed by atoms with Crippen LogP contribution in [0.3, 0.4) is 0 Å². The summed E-state index contributed by atoms with van der Waals surface area (Å²) < 4.78 is 8.96. The van der Waals surface area contributed by atoms with Gasteiger partial charge >= 0.3 is 11.9 Å². The van der Waals surface area contributed by atoms with E-state index < -0.39 is 23.7 Å². The lowest BCUT2D eigenvalue weighted by Crippen LogP contribution is -2.48. The summed E-state index contributed by atoms with van der Waals surface area (Å²) in [7, 11) is 5.35. The zero-order valence-electron chi connectivity index (χ0n) is 17.3. The van der Waals surface area contributed by atoms with Crippen LogP contribution in [0, 0.1) is 23.7 Å². The van der Waals surface area contributed by atoms with E-state index in [2.05, 4.69) is 9.47 Å². The number of ether oxygens (including phenoxy) is 2. The number of methoxy groups -OCH3 is 2. The summed E-state index contributed by atoms with van der Waals surface area (Å²) in [6.45, 7) is 1.38. The highest BCUT2D eigenvalue weighted by atomic mass is 16.7. The topological polar surface area (TPSA) is 133 Å². The molecule has 0 heterocycles. The Morgan fingerprint density at radius 2 is 1.28 bits per heavy atom. The van der Waals surface area contributed by atoms with Gasteiger partial charge in [0.05, 0.1) is 27.2 Å². The van der Waals surface area contributed by atoms with E-state index in [0.29, 0.717) is 6.42 Å². The van der Waals surface area contributed by atoms with E-state index in [1.807, 2.05) is 0 Å². The van der Waals surface area contributed by atoms with Crippen LogP contribution in [0.1, 0.15) is 32.6 Å². The van der Waals surface area contributed by atoms with Crippen molar-refractivity contribution in [3.8, 4) is 0 Å². The first-order valence-electron chi connectivity index (χ1n) is 9.08. The van der Waals surface area contributed by atoms with Crippen LogP contribution in [0.15, 0.2) is 0 Å². The second-order valence-electron chi connectivity index (χ2n) is 7.01. The van der Waals surface area contributed by atoms with Gasteiger partial charge in [0.15, 0.2) is 0 Å². The number of rotatable bonds is 7. The molecule has 10 nitrogen and oxygen atoms in total. The van der Waals surface area contributed by atoms with Crippen molar-refractivity contribution in [2.75, 3.05) is 28.4 Å². The molecule has 0 saturated heterocycles. The van der Waals surface area contributed by atoms with E-state index in [-0.39, 0.29) is 54.4 Å². The molecule has 1 amide bonds. The zero-order valence-corrected chi connectivity index (χ0v) is 17.3. The van der Waals surface area contributed by atoms with Gasteiger partial charge in [-0.3, -0.25) is 33.6 Å². The highest BCUT2D eigenvalue weighted by molar-refractivity contribution is 6.07. The number of carbonyl (C=O) groups is 6. The number of amides is 1. The Labute approximate surface area is 168 Å². The molecule has 0 aromatic heterocycles. The fourth-order valence-electron chi connectivity index (χ4n) is 3.37. The van der Waals surface area contributed by atoms with Crippen LogP contribution in [0.4, 0.5) is 0 Å². The van der Waals surface area contributed by atoms with Gasteiger partial charge in [0.25, 0.3) is 5.91 Å². The molecule has 0 aliphatic heterocycles. The van der Waals surface area contributed by atoms with Crippen LogP contribution in [-0.2, 0) is 43.1 Å². The summed E-state index contributed by atoms with van der Waals surface area (Å²) in [5, 5.41) is 1.01. The first kappa shape index (κ1) is 24.4. The minimum atomic E-state index is -0.760. The fraction of sp³-hybridized carbons (Fsp3) is 0.684. The molecule has 4 atom stereocenters. The molecule has 0 N–H and O–H groups in total. The van der Waals surface area contributed by atoms with E-state index in [0.717, 1.165) is 5.06 Å². The molecule has 29 heavy (non-hydrogen) atoms. The third kappa shape index (κ3) is 6.18. The van der Waals surface area contributed by atoms with E-state index in [9.17, 15) is 28.8 Å². The van der Waals surface area contributed by atoms with Crippen molar-refractivity contribution in [2.45, 2.75) is 32.6 Å². The van der Waals surface area contributed by atoms with Gasteiger partial charge in [0.2, 0.25) is 0 Å². The van der Waals surface area contributed by atoms with Crippen molar-refractivity contribution in [1.29, 1.82) is 0 Å². The third-order valence-electron chi connectivity index (χ3n) is 5.16. The Kier molecular flexibility index (Phi) is 9.09. The van der Waals surface area contributed by atoms with Crippen molar-refractivity contribution in [1.82, 2.24) is 5.06 Å².